The highest BCUT2D eigenvalue weighted by molar-refractivity contribution is 5.95. The third-order valence-electron chi connectivity index (χ3n) is 4.81. The number of amides is 1. The molecule has 0 N–H and O–H groups in total. The molecular formula is C20H18F2N4O2. The summed E-state index contributed by atoms with van der Waals surface area (Å²) >= 11 is 0. The number of hydrogen-bond donors (Lipinski definition) is 0. The van der Waals surface area contributed by atoms with Crippen LogP contribution in [0.25, 0.3) is 11.4 Å². The average molecular weight is 384 g/mol. The second kappa shape index (κ2) is 7.03. The van der Waals surface area contributed by atoms with Gasteiger partial charge in [-0.1, -0.05) is 30.3 Å². The van der Waals surface area contributed by atoms with Gasteiger partial charge in [0.15, 0.2) is 11.6 Å². The molecule has 28 heavy (non-hydrogen) atoms. The second-order valence-electron chi connectivity index (χ2n) is 6.68. The lowest BCUT2D eigenvalue weighted by Gasteiger charge is -2.32. The first kappa shape index (κ1) is 18.1. The number of carbonyl (C=O) groups excluding carboxylic acids is 1. The van der Waals surface area contributed by atoms with Crippen molar-refractivity contribution in [3.05, 3.63) is 65.5 Å². The standard InChI is InChI=1S/C20H18F2N4O2/c1-12-10-25(20(27)18-15(21)8-14(28-2)9-16(18)22)11-17-23-24-19(26(12)17)13-6-4-3-5-7-13/h3-9,12H,10-11H2,1-2H3/t12-/m0/s1. The molecule has 1 amide bonds. The molecule has 1 aliphatic heterocycles. The first-order valence-corrected chi connectivity index (χ1v) is 8.81. The Labute approximate surface area is 160 Å². The number of halogens is 2. The highest BCUT2D eigenvalue weighted by Crippen LogP contribution is 2.29. The molecular weight excluding hydrogens is 366 g/mol. The maximum atomic E-state index is 14.3. The van der Waals surface area contributed by atoms with E-state index in [9.17, 15) is 13.6 Å². The normalized spacial score (nSPS) is 16.0. The van der Waals surface area contributed by atoms with Crippen molar-refractivity contribution >= 4 is 5.91 Å². The molecule has 0 fully saturated rings. The molecule has 0 aliphatic carbocycles. The minimum atomic E-state index is -0.952. The molecule has 1 aromatic heterocycles. The molecule has 1 aliphatic rings. The number of nitrogens with zero attached hydrogens (tertiary/aromatic N) is 4. The van der Waals surface area contributed by atoms with E-state index in [2.05, 4.69) is 10.2 Å². The Morgan fingerprint density at radius 3 is 2.46 bits per heavy atom. The molecule has 3 aromatic rings. The monoisotopic (exact) mass is 384 g/mol. The molecule has 0 radical (unpaired) electrons. The van der Waals surface area contributed by atoms with Crippen LogP contribution in [0.15, 0.2) is 42.5 Å². The summed E-state index contributed by atoms with van der Waals surface area (Å²) in [6.45, 7) is 2.32. The minimum Gasteiger partial charge on any atom is -0.497 e. The summed E-state index contributed by atoms with van der Waals surface area (Å²) in [5.41, 5.74) is 0.323. The maximum Gasteiger partial charge on any atom is 0.260 e. The van der Waals surface area contributed by atoms with Gasteiger partial charge in [0.25, 0.3) is 5.91 Å². The van der Waals surface area contributed by atoms with Crippen LogP contribution < -0.4 is 4.74 Å². The third-order valence-corrected chi connectivity index (χ3v) is 4.81. The van der Waals surface area contributed by atoms with Crippen LogP contribution in [0.1, 0.15) is 29.1 Å². The fourth-order valence-electron chi connectivity index (χ4n) is 3.50. The quantitative estimate of drug-likeness (QED) is 0.694. The molecule has 2 heterocycles. The molecule has 4 rings (SSSR count). The van der Waals surface area contributed by atoms with Crippen LogP contribution in [0.2, 0.25) is 0 Å². The summed E-state index contributed by atoms with van der Waals surface area (Å²) in [6, 6.07) is 11.5. The van der Waals surface area contributed by atoms with Gasteiger partial charge >= 0.3 is 0 Å². The van der Waals surface area contributed by atoms with Gasteiger partial charge in [-0.3, -0.25) is 4.79 Å². The molecule has 1 atom stereocenters. The lowest BCUT2D eigenvalue weighted by molar-refractivity contribution is 0.0672. The lowest BCUT2D eigenvalue weighted by Crippen LogP contribution is -2.41. The summed E-state index contributed by atoms with van der Waals surface area (Å²) in [4.78, 5) is 14.2. The molecule has 0 unspecified atom stereocenters. The molecule has 0 saturated carbocycles. The Kier molecular flexibility index (Phi) is 4.54. The summed E-state index contributed by atoms with van der Waals surface area (Å²) in [5, 5.41) is 8.45. The van der Waals surface area contributed by atoms with Gasteiger partial charge in [0.2, 0.25) is 0 Å². The first-order valence-electron chi connectivity index (χ1n) is 8.81. The van der Waals surface area contributed by atoms with Gasteiger partial charge in [-0.25, -0.2) is 8.78 Å². The van der Waals surface area contributed by atoms with Gasteiger partial charge < -0.3 is 14.2 Å². The van der Waals surface area contributed by atoms with E-state index in [1.165, 1.54) is 12.0 Å². The topological polar surface area (TPSA) is 60.2 Å². The molecule has 0 bridgehead atoms. The van der Waals surface area contributed by atoms with Crippen molar-refractivity contribution in [2.75, 3.05) is 13.7 Å². The molecule has 144 valence electrons. The zero-order chi connectivity index (χ0) is 19.8. The summed E-state index contributed by atoms with van der Waals surface area (Å²) in [5.74, 6) is -1.33. The first-order chi connectivity index (χ1) is 13.5. The summed E-state index contributed by atoms with van der Waals surface area (Å²) in [7, 11) is 1.30. The highest BCUT2D eigenvalue weighted by Gasteiger charge is 2.32. The predicted molar refractivity (Wildman–Crippen MR) is 97.8 cm³/mol. The van der Waals surface area contributed by atoms with E-state index in [1.54, 1.807) is 0 Å². The predicted octanol–water partition coefficient (Wildman–Crippen LogP) is 3.45. The van der Waals surface area contributed by atoms with Crippen LogP contribution in [-0.2, 0) is 6.54 Å². The van der Waals surface area contributed by atoms with Crippen molar-refractivity contribution in [3.63, 3.8) is 0 Å². The Hall–Kier alpha value is -3.29. The number of benzene rings is 2. The number of fused-ring (bicyclic) bond motifs is 1. The number of aromatic nitrogens is 3. The Morgan fingerprint density at radius 2 is 1.82 bits per heavy atom. The van der Waals surface area contributed by atoms with Crippen LogP contribution in [0, 0.1) is 11.6 Å². The molecule has 6 nitrogen and oxygen atoms in total. The maximum absolute atomic E-state index is 14.3. The lowest BCUT2D eigenvalue weighted by atomic mass is 10.1. The van der Waals surface area contributed by atoms with Gasteiger partial charge in [0.1, 0.15) is 22.9 Å². The van der Waals surface area contributed by atoms with Crippen LogP contribution >= 0.6 is 0 Å². The number of ether oxygens (including phenoxy) is 1. The van der Waals surface area contributed by atoms with Crippen molar-refractivity contribution in [1.82, 2.24) is 19.7 Å². The fraction of sp³-hybridized carbons (Fsp3) is 0.250. The second-order valence-corrected chi connectivity index (χ2v) is 6.68. The Bertz CT molecular complexity index is 1010. The van der Waals surface area contributed by atoms with Gasteiger partial charge in [0, 0.05) is 24.2 Å². The average Bonchev–Trinajstić information content (AvgIpc) is 3.12. The van der Waals surface area contributed by atoms with Gasteiger partial charge in [-0.05, 0) is 6.92 Å². The minimum absolute atomic E-state index is 0.0193. The van der Waals surface area contributed by atoms with Crippen molar-refractivity contribution in [2.45, 2.75) is 19.5 Å². The SMILES string of the molecule is COc1cc(F)c(C(=O)N2Cc3nnc(-c4ccccc4)n3[C@@H](C)C2)c(F)c1. The zero-order valence-corrected chi connectivity index (χ0v) is 15.4. The number of methoxy groups -OCH3 is 1. The van der Waals surface area contributed by atoms with Crippen LogP contribution in [0.5, 0.6) is 5.75 Å². The Balaban J connectivity index is 1.66. The highest BCUT2D eigenvalue weighted by atomic mass is 19.1. The van der Waals surface area contributed by atoms with Crippen molar-refractivity contribution < 1.29 is 18.3 Å². The molecule has 0 spiro atoms. The third kappa shape index (κ3) is 3.00. The molecule has 0 saturated heterocycles. The summed E-state index contributed by atoms with van der Waals surface area (Å²) in [6.07, 6.45) is 0. The van der Waals surface area contributed by atoms with Crippen LogP contribution in [0.4, 0.5) is 8.78 Å². The van der Waals surface area contributed by atoms with Gasteiger partial charge in [0.05, 0.1) is 19.7 Å². The number of rotatable bonds is 3. The van der Waals surface area contributed by atoms with E-state index in [-0.39, 0.29) is 24.9 Å². The van der Waals surface area contributed by atoms with Crippen LogP contribution in [-0.4, -0.2) is 39.2 Å². The van der Waals surface area contributed by atoms with E-state index >= 15 is 0 Å². The van der Waals surface area contributed by atoms with Crippen molar-refractivity contribution in [3.8, 4) is 17.1 Å². The van der Waals surface area contributed by atoms with E-state index in [0.717, 1.165) is 17.7 Å². The molecule has 8 heteroatoms. The zero-order valence-electron chi connectivity index (χ0n) is 15.4. The largest absolute Gasteiger partial charge is 0.497 e. The smallest absolute Gasteiger partial charge is 0.260 e. The van der Waals surface area contributed by atoms with E-state index in [1.807, 2.05) is 41.8 Å². The van der Waals surface area contributed by atoms with Gasteiger partial charge in [-0.15, -0.1) is 10.2 Å². The summed E-state index contributed by atoms with van der Waals surface area (Å²) < 4.78 is 35.4. The van der Waals surface area contributed by atoms with E-state index in [0.29, 0.717) is 11.6 Å². The number of carbonyl (C=O) groups is 1. The van der Waals surface area contributed by atoms with Crippen molar-refractivity contribution in [2.24, 2.45) is 0 Å². The van der Waals surface area contributed by atoms with Gasteiger partial charge in [-0.2, -0.15) is 0 Å². The van der Waals surface area contributed by atoms with E-state index in [4.69, 9.17) is 4.74 Å². The molecule has 2 aromatic carbocycles. The fourth-order valence-corrected chi connectivity index (χ4v) is 3.50. The van der Waals surface area contributed by atoms with Crippen molar-refractivity contribution in [1.29, 1.82) is 0 Å². The Morgan fingerprint density at radius 1 is 1.14 bits per heavy atom. The van der Waals surface area contributed by atoms with E-state index < -0.39 is 23.1 Å². The van der Waals surface area contributed by atoms with Crippen LogP contribution in [0.3, 0.4) is 0 Å². The number of hydrogen-bond acceptors (Lipinski definition) is 4.